The monoisotopic (exact) mass is 532 g/mol. The summed E-state index contributed by atoms with van der Waals surface area (Å²) < 4.78 is 12.9. The van der Waals surface area contributed by atoms with Gasteiger partial charge in [-0.25, -0.2) is 0 Å². The van der Waals surface area contributed by atoms with Gasteiger partial charge in [0.15, 0.2) is 5.78 Å². The van der Waals surface area contributed by atoms with Crippen LogP contribution in [-0.2, 0) is 4.79 Å². The van der Waals surface area contributed by atoms with Gasteiger partial charge >= 0.3 is 0 Å². The van der Waals surface area contributed by atoms with Gasteiger partial charge in [0.05, 0.1) is 14.2 Å². The van der Waals surface area contributed by atoms with E-state index < -0.39 is 0 Å². The van der Waals surface area contributed by atoms with Crippen molar-refractivity contribution in [2.75, 3.05) is 14.2 Å². The fourth-order valence-corrected chi connectivity index (χ4v) is 4.72. The van der Waals surface area contributed by atoms with Gasteiger partial charge in [0.25, 0.3) is 0 Å². The van der Waals surface area contributed by atoms with Crippen molar-refractivity contribution in [2.24, 2.45) is 5.92 Å². The Hall–Kier alpha value is -1.85. The molecule has 0 aromatic heterocycles. The number of hydrogen-bond donors (Lipinski definition) is 0. The fraction of sp³-hybridized carbons (Fsp3) is 0.320. The molecule has 0 aliphatic heterocycles. The molecule has 0 spiro atoms. The summed E-state index contributed by atoms with van der Waals surface area (Å²) in [6.45, 7) is 2.19. The van der Waals surface area contributed by atoms with E-state index in [0.29, 0.717) is 5.92 Å². The number of carbonyl (C=O) groups is 1. The third kappa shape index (κ3) is 5.44. The predicted molar refractivity (Wildman–Crippen MR) is 130 cm³/mol. The summed E-state index contributed by atoms with van der Waals surface area (Å²) in [7, 11) is 3.30. The highest BCUT2D eigenvalue weighted by atomic mass is 79.9. The molecule has 1 aliphatic rings. The van der Waals surface area contributed by atoms with Crippen LogP contribution >= 0.6 is 31.9 Å². The van der Waals surface area contributed by atoms with Gasteiger partial charge in [-0.05, 0) is 67.3 Å². The maximum absolute atomic E-state index is 13.4. The Kier molecular flexibility index (Phi) is 7.95. The molecular weight excluding hydrogens is 508 g/mol. The van der Waals surface area contributed by atoms with Crippen LogP contribution in [0.1, 0.15) is 43.7 Å². The molecule has 30 heavy (non-hydrogen) atoms. The molecule has 5 heteroatoms. The Morgan fingerprint density at radius 3 is 1.77 bits per heavy atom. The van der Waals surface area contributed by atoms with Gasteiger partial charge in [-0.2, -0.15) is 0 Å². The second kappa shape index (κ2) is 10.5. The number of ketones is 1. The highest BCUT2D eigenvalue weighted by Crippen LogP contribution is 2.37. The number of benzene rings is 2. The second-order valence-corrected chi connectivity index (χ2v) is 9.34. The predicted octanol–water partition coefficient (Wildman–Crippen LogP) is 7.48. The molecule has 0 unspecified atom stereocenters. The largest absolute Gasteiger partial charge is 0.496 e. The Labute approximate surface area is 195 Å². The third-order valence-electron chi connectivity index (χ3n) is 5.34. The summed E-state index contributed by atoms with van der Waals surface area (Å²) >= 11 is 7.04. The standard InChI is InChI=1S/C25H26Br2O3/c1-4-5-16-10-19(12-17-14-21(26)6-8-23(17)29-2)25(28)20(11-16)13-18-15-22(27)7-9-24(18)30-3/h6-9,12-16H,4-5,10-11H2,1-3H3/b19-12+,20-13+. The molecule has 3 nitrogen and oxygen atoms in total. The van der Waals surface area contributed by atoms with E-state index in [1.165, 1.54) is 0 Å². The van der Waals surface area contributed by atoms with Crippen molar-refractivity contribution in [3.8, 4) is 11.5 Å². The number of rotatable bonds is 6. The molecule has 0 amide bonds. The van der Waals surface area contributed by atoms with E-state index in [-0.39, 0.29) is 5.78 Å². The van der Waals surface area contributed by atoms with Crippen molar-refractivity contribution in [2.45, 2.75) is 32.6 Å². The lowest BCUT2D eigenvalue weighted by atomic mass is 9.78. The van der Waals surface area contributed by atoms with E-state index in [0.717, 1.165) is 68.4 Å². The maximum Gasteiger partial charge on any atom is 0.185 e. The number of ether oxygens (including phenoxy) is 2. The minimum atomic E-state index is 0.103. The summed E-state index contributed by atoms with van der Waals surface area (Å²) in [5.74, 6) is 2.07. The lowest BCUT2D eigenvalue weighted by molar-refractivity contribution is -0.113. The fourth-order valence-electron chi connectivity index (χ4n) is 3.96. The normalized spacial score (nSPS) is 19.4. The van der Waals surface area contributed by atoms with Crippen LogP contribution in [0.25, 0.3) is 12.2 Å². The highest BCUT2D eigenvalue weighted by Gasteiger charge is 2.28. The molecule has 0 bridgehead atoms. The van der Waals surface area contributed by atoms with Crippen LogP contribution in [0, 0.1) is 5.92 Å². The van der Waals surface area contributed by atoms with Crippen LogP contribution in [-0.4, -0.2) is 20.0 Å². The number of carbonyl (C=O) groups excluding carboxylic acids is 1. The first-order valence-corrected chi connectivity index (χ1v) is 11.7. The molecule has 3 rings (SSSR count). The van der Waals surface area contributed by atoms with Gasteiger partial charge in [-0.15, -0.1) is 0 Å². The van der Waals surface area contributed by atoms with E-state index in [2.05, 4.69) is 38.8 Å². The lowest BCUT2D eigenvalue weighted by Gasteiger charge is -2.26. The summed E-state index contributed by atoms with van der Waals surface area (Å²) in [5.41, 5.74) is 3.48. The van der Waals surface area contributed by atoms with E-state index >= 15 is 0 Å². The van der Waals surface area contributed by atoms with Crippen LogP contribution in [0.4, 0.5) is 0 Å². The van der Waals surface area contributed by atoms with Gasteiger partial charge in [0.1, 0.15) is 11.5 Å². The molecule has 2 aromatic carbocycles. The second-order valence-electron chi connectivity index (χ2n) is 7.50. The Bertz CT molecular complexity index is 916. The summed E-state index contributed by atoms with van der Waals surface area (Å²) in [5, 5.41) is 0. The molecule has 158 valence electrons. The van der Waals surface area contributed by atoms with Crippen LogP contribution in [0.5, 0.6) is 11.5 Å². The average molecular weight is 534 g/mol. The van der Waals surface area contributed by atoms with Crippen molar-refractivity contribution >= 4 is 49.8 Å². The highest BCUT2D eigenvalue weighted by molar-refractivity contribution is 9.10. The zero-order valence-corrected chi connectivity index (χ0v) is 20.7. The zero-order chi connectivity index (χ0) is 21.7. The van der Waals surface area contributed by atoms with Crippen LogP contribution in [0.15, 0.2) is 56.5 Å². The Balaban J connectivity index is 2.05. The molecule has 1 aliphatic carbocycles. The molecule has 1 saturated carbocycles. The quantitative estimate of drug-likeness (QED) is 0.361. The molecule has 0 saturated heterocycles. The minimum Gasteiger partial charge on any atom is -0.496 e. The van der Waals surface area contributed by atoms with Crippen LogP contribution in [0.3, 0.4) is 0 Å². The number of halogens is 2. The van der Waals surface area contributed by atoms with Gasteiger partial charge in [0.2, 0.25) is 0 Å². The molecule has 0 N–H and O–H groups in total. The summed E-state index contributed by atoms with van der Waals surface area (Å²) in [4.78, 5) is 13.4. The summed E-state index contributed by atoms with van der Waals surface area (Å²) in [6, 6.07) is 11.7. The lowest BCUT2D eigenvalue weighted by Crippen LogP contribution is -2.20. The number of Topliss-reactive ketones (excluding diaryl/α,β-unsaturated/α-hetero) is 1. The number of allylic oxidation sites excluding steroid dienone is 2. The smallest absolute Gasteiger partial charge is 0.185 e. The molecule has 1 fully saturated rings. The maximum atomic E-state index is 13.4. The van der Waals surface area contributed by atoms with E-state index in [1.54, 1.807) is 14.2 Å². The SMILES string of the molecule is CCCC1C/C(=C\c2cc(Br)ccc2OC)C(=O)/C(=C/c2cc(Br)ccc2OC)C1. The van der Waals surface area contributed by atoms with Crippen LogP contribution in [0.2, 0.25) is 0 Å². The van der Waals surface area contributed by atoms with Crippen molar-refractivity contribution in [1.82, 2.24) is 0 Å². The first-order chi connectivity index (χ1) is 14.4. The topological polar surface area (TPSA) is 35.5 Å². The van der Waals surface area contributed by atoms with Gasteiger partial charge < -0.3 is 9.47 Å². The first kappa shape index (κ1) is 22.8. The van der Waals surface area contributed by atoms with E-state index in [4.69, 9.17) is 9.47 Å². The average Bonchev–Trinajstić information content (AvgIpc) is 2.72. The molecule has 0 atom stereocenters. The molecule has 0 radical (unpaired) electrons. The molecule has 0 heterocycles. The zero-order valence-electron chi connectivity index (χ0n) is 17.5. The van der Waals surface area contributed by atoms with Crippen LogP contribution < -0.4 is 9.47 Å². The Morgan fingerprint density at radius 2 is 1.37 bits per heavy atom. The van der Waals surface area contributed by atoms with Crippen molar-refractivity contribution in [3.05, 3.63) is 67.6 Å². The van der Waals surface area contributed by atoms with Gasteiger partial charge in [0, 0.05) is 31.2 Å². The molecular formula is C25H26Br2O3. The van der Waals surface area contributed by atoms with E-state index in [1.807, 2.05) is 48.6 Å². The molecule has 2 aromatic rings. The minimum absolute atomic E-state index is 0.103. The van der Waals surface area contributed by atoms with Gasteiger partial charge in [-0.1, -0.05) is 51.6 Å². The first-order valence-electron chi connectivity index (χ1n) is 10.1. The van der Waals surface area contributed by atoms with Gasteiger partial charge in [-0.3, -0.25) is 4.79 Å². The number of hydrogen-bond acceptors (Lipinski definition) is 3. The van der Waals surface area contributed by atoms with Crippen molar-refractivity contribution < 1.29 is 14.3 Å². The van der Waals surface area contributed by atoms with Crippen molar-refractivity contribution in [1.29, 1.82) is 0 Å². The van der Waals surface area contributed by atoms with Crippen molar-refractivity contribution in [3.63, 3.8) is 0 Å². The van der Waals surface area contributed by atoms with E-state index in [9.17, 15) is 4.79 Å². The summed E-state index contributed by atoms with van der Waals surface area (Å²) in [6.07, 6.45) is 7.73. The Morgan fingerprint density at radius 1 is 0.900 bits per heavy atom. The number of methoxy groups -OCH3 is 2. The third-order valence-corrected chi connectivity index (χ3v) is 6.33.